The van der Waals surface area contributed by atoms with E-state index in [1.165, 1.54) is 45.9 Å². The number of nitrogens with zero attached hydrogens (tertiary/aromatic N) is 2. The molecule has 0 aliphatic rings. The van der Waals surface area contributed by atoms with E-state index in [4.69, 9.17) is 19.3 Å². The highest BCUT2D eigenvalue weighted by molar-refractivity contribution is 6.08. The average molecular weight is 333 g/mol. The lowest BCUT2D eigenvalue weighted by Crippen LogP contribution is -2.19. The van der Waals surface area contributed by atoms with Gasteiger partial charge in [-0.15, -0.1) is 0 Å². The van der Waals surface area contributed by atoms with Crippen LogP contribution in [0.1, 0.15) is 21.0 Å². The van der Waals surface area contributed by atoms with Crippen LogP contribution < -0.4 is 19.5 Å². The predicted octanol–water partition coefficient (Wildman–Crippen LogP) is 1.45. The van der Waals surface area contributed by atoms with Crippen molar-refractivity contribution >= 4 is 17.6 Å². The van der Waals surface area contributed by atoms with Gasteiger partial charge in [0.1, 0.15) is 0 Å². The molecule has 0 atom stereocenters. The first-order chi connectivity index (χ1) is 11.5. The summed E-state index contributed by atoms with van der Waals surface area (Å²) in [5.74, 6) is -1.04. The summed E-state index contributed by atoms with van der Waals surface area (Å²) in [6.45, 7) is 0. The van der Waals surface area contributed by atoms with E-state index >= 15 is 0 Å². The van der Waals surface area contributed by atoms with Crippen molar-refractivity contribution < 1.29 is 28.9 Å². The number of hydrogen-bond acceptors (Lipinski definition) is 7. The van der Waals surface area contributed by atoms with Crippen molar-refractivity contribution in [1.82, 2.24) is 9.97 Å². The molecule has 0 unspecified atom stereocenters. The number of benzene rings is 1. The number of ether oxygens (including phenoxy) is 3. The van der Waals surface area contributed by atoms with Crippen molar-refractivity contribution in [2.24, 2.45) is 0 Å². The smallest absolute Gasteiger partial charge is 0.356 e. The maximum atomic E-state index is 12.3. The largest absolute Gasteiger partial charge is 0.493 e. The number of carbonyl (C=O) groups excluding carboxylic acids is 1. The Morgan fingerprint density at radius 2 is 1.50 bits per heavy atom. The number of anilines is 1. The number of methoxy groups -OCH3 is 3. The summed E-state index contributed by atoms with van der Waals surface area (Å²) in [6.07, 6.45) is 2.43. The van der Waals surface area contributed by atoms with Gasteiger partial charge in [0.2, 0.25) is 5.75 Å². The Morgan fingerprint density at radius 1 is 0.958 bits per heavy atom. The van der Waals surface area contributed by atoms with E-state index in [-0.39, 0.29) is 5.69 Å². The minimum absolute atomic E-state index is 0.307. The van der Waals surface area contributed by atoms with E-state index in [1.807, 2.05) is 0 Å². The standard InChI is InChI=1S/C15H15N3O6/c1-22-9-6-8(7-10(23-2)13(9)24-3)18-14(19)11-12(15(20)21)17-5-4-16-11/h4-7H,1-3H3,(H,18,19)(H,20,21). The zero-order valence-electron chi connectivity index (χ0n) is 13.2. The second-order valence-electron chi connectivity index (χ2n) is 4.43. The Morgan fingerprint density at radius 3 is 1.96 bits per heavy atom. The fourth-order valence-electron chi connectivity index (χ4n) is 2.00. The number of aromatic carboxylic acids is 1. The first-order valence-corrected chi connectivity index (χ1v) is 6.67. The second-order valence-corrected chi connectivity index (χ2v) is 4.43. The first-order valence-electron chi connectivity index (χ1n) is 6.67. The van der Waals surface area contributed by atoms with Crippen LogP contribution in [0.4, 0.5) is 5.69 Å². The summed E-state index contributed by atoms with van der Waals surface area (Å²) >= 11 is 0. The van der Waals surface area contributed by atoms with Gasteiger partial charge in [0, 0.05) is 30.2 Å². The molecule has 1 aromatic carbocycles. The van der Waals surface area contributed by atoms with Gasteiger partial charge in [0.15, 0.2) is 22.9 Å². The van der Waals surface area contributed by atoms with Crippen molar-refractivity contribution in [3.05, 3.63) is 35.9 Å². The van der Waals surface area contributed by atoms with Crippen LogP contribution in [0.3, 0.4) is 0 Å². The monoisotopic (exact) mass is 333 g/mol. The molecule has 1 heterocycles. The van der Waals surface area contributed by atoms with Crippen LogP contribution >= 0.6 is 0 Å². The quantitative estimate of drug-likeness (QED) is 0.815. The summed E-state index contributed by atoms with van der Waals surface area (Å²) < 4.78 is 15.6. The predicted molar refractivity (Wildman–Crippen MR) is 83.0 cm³/mol. The highest BCUT2D eigenvalue weighted by atomic mass is 16.5. The molecule has 24 heavy (non-hydrogen) atoms. The van der Waals surface area contributed by atoms with Crippen LogP contribution in [-0.4, -0.2) is 48.3 Å². The van der Waals surface area contributed by atoms with Gasteiger partial charge in [-0.3, -0.25) is 4.79 Å². The molecule has 0 spiro atoms. The topological polar surface area (TPSA) is 120 Å². The van der Waals surface area contributed by atoms with E-state index < -0.39 is 17.6 Å². The van der Waals surface area contributed by atoms with Gasteiger partial charge in [0.25, 0.3) is 5.91 Å². The number of carboxylic acid groups (broad SMARTS) is 1. The van der Waals surface area contributed by atoms with Crippen molar-refractivity contribution in [1.29, 1.82) is 0 Å². The van der Waals surface area contributed by atoms with Crippen molar-refractivity contribution in [2.45, 2.75) is 0 Å². The minimum Gasteiger partial charge on any atom is -0.493 e. The van der Waals surface area contributed by atoms with Gasteiger partial charge in [0.05, 0.1) is 21.3 Å². The number of carbonyl (C=O) groups is 2. The fraction of sp³-hybridized carbons (Fsp3) is 0.200. The molecular formula is C15H15N3O6. The lowest BCUT2D eigenvalue weighted by Gasteiger charge is -2.14. The lowest BCUT2D eigenvalue weighted by molar-refractivity contribution is 0.0685. The minimum atomic E-state index is -1.35. The highest BCUT2D eigenvalue weighted by Gasteiger charge is 2.21. The van der Waals surface area contributed by atoms with Gasteiger partial charge < -0.3 is 24.6 Å². The Labute approximate surface area is 137 Å². The molecule has 0 fully saturated rings. The molecule has 2 rings (SSSR count). The number of carboxylic acids is 1. The van der Waals surface area contributed by atoms with Gasteiger partial charge in [-0.1, -0.05) is 0 Å². The Balaban J connectivity index is 2.38. The van der Waals surface area contributed by atoms with E-state index in [2.05, 4.69) is 15.3 Å². The molecule has 9 nitrogen and oxygen atoms in total. The van der Waals surface area contributed by atoms with Crippen molar-refractivity contribution in [2.75, 3.05) is 26.6 Å². The zero-order valence-corrected chi connectivity index (χ0v) is 13.2. The molecule has 0 aliphatic carbocycles. The van der Waals surface area contributed by atoms with E-state index in [0.29, 0.717) is 22.9 Å². The average Bonchev–Trinajstić information content (AvgIpc) is 2.60. The van der Waals surface area contributed by atoms with Gasteiger partial charge in [-0.25, -0.2) is 14.8 Å². The van der Waals surface area contributed by atoms with Gasteiger partial charge >= 0.3 is 5.97 Å². The van der Waals surface area contributed by atoms with Crippen LogP contribution in [0, 0.1) is 0 Å². The Hall–Kier alpha value is -3.36. The SMILES string of the molecule is COc1cc(NC(=O)c2nccnc2C(=O)O)cc(OC)c1OC. The molecule has 126 valence electrons. The van der Waals surface area contributed by atoms with Crippen molar-refractivity contribution in [3.8, 4) is 17.2 Å². The van der Waals surface area contributed by atoms with Gasteiger partial charge in [-0.05, 0) is 0 Å². The summed E-state index contributed by atoms with van der Waals surface area (Å²) in [7, 11) is 4.33. The summed E-state index contributed by atoms with van der Waals surface area (Å²) in [6, 6.07) is 3.02. The summed E-state index contributed by atoms with van der Waals surface area (Å²) in [5, 5.41) is 11.6. The molecule has 0 aliphatic heterocycles. The number of aromatic nitrogens is 2. The zero-order chi connectivity index (χ0) is 17.7. The summed E-state index contributed by atoms with van der Waals surface area (Å²) in [5.41, 5.74) is -0.433. The molecule has 2 N–H and O–H groups in total. The lowest BCUT2D eigenvalue weighted by atomic mass is 10.2. The number of amides is 1. The van der Waals surface area contributed by atoms with Crippen LogP contribution in [-0.2, 0) is 0 Å². The summed E-state index contributed by atoms with van der Waals surface area (Å²) in [4.78, 5) is 30.8. The highest BCUT2D eigenvalue weighted by Crippen LogP contribution is 2.39. The van der Waals surface area contributed by atoms with Crippen LogP contribution in [0.25, 0.3) is 0 Å². The second kappa shape index (κ2) is 7.27. The van der Waals surface area contributed by atoms with Crippen molar-refractivity contribution in [3.63, 3.8) is 0 Å². The molecule has 0 saturated heterocycles. The number of rotatable bonds is 6. The van der Waals surface area contributed by atoms with Gasteiger partial charge in [-0.2, -0.15) is 0 Å². The third-order valence-corrected chi connectivity index (χ3v) is 3.04. The molecule has 9 heteroatoms. The van der Waals surface area contributed by atoms with E-state index in [0.717, 1.165) is 0 Å². The number of nitrogens with one attached hydrogen (secondary N) is 1. The number of hydrogen-bond donors (Lipinski definition) is 2. The molecule has 0 saturated carbocycles. The molecule has 1 aromatic heterocycles. The first kappa shape index (κ1) is 17.0. The van der Waals surface area contributed by atoms with E-state index in [1.54, 1.807) is 0 Å². The van der Waals surface area contributed by atoms with Crippen LogP contribution in [0.15, 0.2) is 24.5 Å². The molecule has 0 radical (unpaired) electrons. The molecule has 0 bridgehead atoms. The van der Waals surface area contributed by atoms with E-state index in [9.17, 15) is 9.59 Å². The maximum absolute atomic E-state index is 12.3. The van der Waals surface area contributed by atoms with Crippen LogP contribution in [0.2, 0.25) is 0 Å². The fourth-order valence-corrected chi connectivity index (χ4v) is 2.00. The third kappa shape index (κ3) is 3.35. The Kier molecular flexibility index (Phi) is 5.15. The van der Waals surface area contributed by atoms with Crippen LogP contribution in [0.5, 0.6) is 17.2 Å². The maximum Gasteiger partial charge on any atom is 0.356 e. The molecule has 1 amide bonds. The molecule has 2 aromatic rings. The molecular weight excluding hydrogens is 318 g/mol. The Bertz CT molecular complexity index is 753. The third-order valence-electron chi connectivity index (χ3n) is 3.04. The normalized spacial score (nSPS) is 9.96.